The Bertz CT molecular complexity index is 309. The Morgan fingerprint density at radius 3 is 2.62 bits per heavy atom. The molecule has 0 radical (unpaired) electrons. The highest BCUT2D eigenvalue weighted by molar-refractivity contribution is 5.23. The van der Waals surface area contributed by atoms with E-state index >= 15 is 0 Å². The van der Waals surface area contributed by atoms with E-state index in [4.69, 9.17) is 5.73 Å². The van der Waals surface area contributed by atoms with Crippen molar-refractivity contribution in [2.24, 2.45) is 5.73 Å². The fourth-order valence-corrected chi connectivity index (χ4v) is 1.94. The van der Waals surface area contributed by atoms with Crippen LogP contribution < -0.4 is 5.73 Å². The molecule has 1 aromatic carbocycles. The molecule has 1 rings (SSSR count). The molecular weight excluding hydrogens is 196 g/mol. The molecule has 2 N–H and O–H groups in total. The van der Waals surface area contributed by atoms with Crippen molar-refractivity contribution in [2.75, 3.05) is 7.05 Å². The van der Waals surface area contributed by atoms with E-state index in [1.807, 2.05) is 0 Å². The Hall–Kier alpha value is -0.860. The van der Waals surface area contributed by atoms with E-state index in [1.165, 1.54) is 24.0 Å². The van der Waals surface area contributed by atoms with Crippen molar-refractivity contribution in [3.05, 3.63) is 35.4 Å². The maximum absolute atomic E-state index is 5.64. The van der Waals surface area contributed by atoms with E-state index in [0.29, 0.717) is 12.6 Å². The van der Waals surface area contributed by atoms with Gasteiger partial charge in [0.2, 0.25) is 0 Å². The van der Waals surface area contributed by atoms with Gasteiger partial charge in [-0.3, -0.25) is 4.90 Å². The molecule has 0 spiro atoms. The first kappa shape index (κ1) is 13.2. The lowest BCUT2D eigenvalue weighted by molar-refractivity contribution is 0.237. The van der Waals surface area contributed by atoms with Gasteiger partial charge in [0.05, 0.1) is 0 Å². The number of hydrogen-bond donors (Lipinski definition) is 1. The predicted octanol–water partition coefficient (Wildman–Crippen LogP) is 2.77. The molecule has 0 aliphatic carbocycles. The molecule has 0 aliphatic rings. The first-order chi connectivity index (χ1) is 7.67. The summed E-state index contributed by atoms with van der Waals surface area (Å²) in [6.07, 6.45) is 2.50. The lowest BCUT2D eigenvalue weighted by Crippen LogP contribution is -2.28. The molecule has 1 aromatic rings. The van der Waals surface area contributed by atoms with E-state index in [0.717, 1.165) is 6.54 Å². The SMILES string of the molecule is CCCC(C)N(C)Cc1cccc(CN)c1. The third-order valence-electron chi connectivity index (χ3n) is 3.12. The van der Waals surface area contributed by atoms with Crippen LogP contribution in [0.25, 0.3) is 0 Å². The molecule has 90 valence electrons. The van der Waals surface area contributed by atoms with Crippen LogP contribution in [0, 0.1) is 0 Å². The number of benzene rings is 1. The van der Waals surface area contributed by atoms with Crippen molar-refractivity contribution < 1.29 is 0 Å². The Balaban J connectivity index is 2.58. The van der Waals surface area contributed by atoms with Gasteiger partial charge >= 0.3 is 0 Å². The van der Waals surface area contributed by atoms with Gasteiger partial charge in [-0.1, -0.05) is 37.6 Å². The summed E-state index contributed by atoms with van der Waals surface area (Å²) in [4.78, 5) is 2.40. The summed E-state index contributed by atoms with van der Waals surface area (Å²) in [5, 5.41) is 0. The maximum Gasteiger partial charge on any atom is 0.0233 e. The van der Waals surface area contributed by atoms with E-state index in [1.54, 1.807) is 0 Å². The zero-order valence-corrected chi connectivity index (χ0v) is 10.7. The van der Waals surface area contributed by atoms with Crippen molar-refractivity contribution in [3.63, 3.8) is 0 Å². The molecule has 1 unspecified atom stereocenters. The van der Waals surface area contributed by atoms with Crippen LogP contribution in [0.4, 0.5) is 0 Å². The minimum Gasteiger partial charge on any atom is -0.326 e. The van der Waals surface area contributed by atoms with E-state index < -0.39 is 0 Å². The van der Waals surface area contributed by atoms with Crippen LogP contribution in [0.3, 0.4) is 0 Å². The van der Waals surface area contributed by atoms with Crippen LogP contribution >= 0.6 is 0 Å². The highest BCUT2D eigenvalue weighted by atomic mass is 15.1. The van der Waals surface area contributed by atoms with Crippen molar-refractivity contribution in [3.8, 4) is 0 Å². The average Bonchev–Trinajstić information content (AvgIpc) is 2.29. The van der Waals surface area contributed by atoms with Gasteiger partial charge in [-0.15, -0.1) is 0 Å². The Morgan fingerprint density at radius 1 is 1.31 bits per heavy atom. The van der Waals surface area contributed by atoms with Crippen LogP contribution in [0.1, 0.15) is 37.8 Å². The summed E-state index contributed by atoms with van der Waals surface area (Å²) in [5.74, 6) is 0. The van der Waals surface area contributed by atoms with Crippen LogP contribution in [0.2, 0.25) is 0 Å². The normalized spacial score (nSPS) is 13.1. The summed E-state index contributed by atoms with van der Waals surface area (Å²) >= 11 is 0. The van der Waals surface area contributed by atoms with Gasteiger partial charge < -0.3 is 5.73 Å². The summed E-state index contributed by atoms with van der Waals surface area (Å²) in [6, 6.07) is 9.20. The Kier molecular flexibility index (Phi) is 5.50. The largest absolute Gasteiger partial charge is 0.326 e. The summed E-state index contributed by atoms with van der Waals surface area (Å²) in [5.41, 5.74) is 8.22. The highest BCUT2D eigenvalue weighted by Gasteiger charge is 2.08. The quantitative estimate of drug-likeness (QED) is 0.798. The lowest BCUT2D eigenvalue weighted by Gasteiger charge is -2.24. The second-order valence-corrected chi connectivity index (χ2v) is 4.58. The summed E-state index contributed by atoms with van der Waals surface area (Å²) in [6.45, 7) is 6.16. The van der Waals surface area contributed by atoms with Gasteiger partial charge in [-0.25, -0.2) is 0 Å². The number of nitrogens with zero attached hydrogens (tertiary/aromatic N) is 1. The zero-order valence-electron chi connectivity index (χ0n) is 10.7. The van der Waals surface area contributed by atoms with Crippen molar-refractivity contribution >= 4 is 0 Å². The highest BCUT2D eigenvalue weighted by Crippen LogP contribution is 2.11. The molecule has 0 amide bonds. The minimum absolute atomic E-state index is 0.627. The number of hydrogen-bond acceptors (Lipinski definition) is 2. The summed E-state index contributed by atoms with van der Waals surface area (Å²) in [7, 11) is 2.19. The van der Waals surface area contributed by atoms with E-state index in [2.05, 4.69) is 50.1 Å². The minimum atomic E-state index is 0.627. The van der Waals surface area contributed by atoms with Gasteiger partial charge in [0.1, 0.15) is 0 Å². The van der Waals surface area contributed by atoms with Gasteiger partial charge in [0.25, 0.3) is 0 Å². The monoisotopic (exact) mass is 220 g/mol. The first-order valence-corrected chi connectivity index (χ1v) is 6.15. The van der Waals surface area contributed by atoms with Crippen molar-refractivity contribution in [2.45, 2.75) is 45.8 Å². The number of rotatable bonds is 6. The molecular formula is C14H24N2. The van der Waals surface area contributed by atoms with Crippen LogP contribution in [-0.2, 0) is 13.1 Å². The van der Waals surface area contributed by atoms with Gasteiger partial charge in [-0.2, -0.15) is 0 Å². The fourth-order valence-electron chi connectivity index (χ4n) is 1.94. The molecule has 0 fully saturated rings. The Morgan fingerprint density at radius 2 is 2.00 bits per heavy atom. The lowest BCUT2D eigenvalue weighted by atomic mass is 10.1. The van der Waals surface area contributed by atoms with Crippen LogP contribution in [0.15, 0.2) is 24.3 Å². The van der Waals surface area contributed by atoms with Crippen molar-refractivity contribution in [1.82, 2.24) is 4.90 Å². The van der Waals surface area contributed by atoms with Gasteiger partial charge in [0, 0.05) is 19.1 Å². The fraction of sp³-hybridized carbons (Fsp3) is 0.571. The Labute approximate surface area is 99.5 Å². The van der Waals surface area contributed by atoms with E-state index in [9.17, 15) is 0 Å². The summed E-state index contributed by atoms with van der Waals surface area (Å²) < 4.78 is 0. The predicted molar refractivity (Wildman–Crippen MR) is 70.2 cm³/mol. The third-order valence-corrected chi connectivity index (χ3v) is 3.12. The molecule has 16 heavy (non-hydrogen) atoms. The second-order valence-electron chi connectivity index (χ2n) is 4.58. The third kappa shape index (κ3) is 3.95. The molecule has 2 nitrogen and oxygen atoms in total. The van der Waals surface area contributed by atoms with Gasteiger partial charge in [-0.05, 0) is 31.5 Å². The van der Waals surface area contributed by atoms with Crippen LogP contribution in [-0.4, -0.2) is 18.0 Å². The average molecular weight is 220 g/mol. The number of nitrogens with two attached hydrogens (primary N) is 1. The second kappa shape index (κ2) is 6.66. The zero-order chi connectivity index (χ0) is 12.0. The molecule has 0 aliphatic heterocycles. The molecule has 2 heteroatoms. The standard InChI is InChI=1S/C14H24N2/c1-4-6-12(2)16(3)11-14-8-5-7-13(9-14)10-15/h5,7-9,12H,4,6,10-11,15H2,1-3H3. The molecule has 0 bridgehead atoms. The molecule has 0 saturated heterocycles. The van der Waals surface area contributed by atoms with Crippen LogP contribution in [0.5, 0.6) is 0 Å². The smallest absolute Gasteiger partial charge is 0.0233 e. The molecule has 0 saturated carbocycles. The first-order valence-electron chi connectivity index (χ1n) is 6.15. The van der Waals surface area contributed by atoms with Gasteiger partial charge in [0.15, 0.2) is 0 Å². The maximum atomic E-state index is 5.64. The molecule has 0 aromatic heterocycles. The van der Waals surface area contributed by atoms with E-state index in [-0.39, 0.29) is 0 Å². The topological polar surface area (TPSA) is 29.3 Å². The molecule has 0 heterocycles. The molecule has 1 atom stereocenters. The van der Waals surface area contributed by atoms with Crippen molar-refractivity contribution in [1.29, 1.82) is 0 Å².